The van der Waals surface area contributed by atoms with Crippen LogP contribution >= 0.6 is 47.0 Å². The van der Waals surface area contributed by atoms with E-state index in [4.69, 9.17) is 5.73 Å². The highest BCUT2D eigenvalue weighted by molar-refractivity contribution is 7.14. The van der Waals surface area contributed by atoms with Crippen LogP contribution in [-0.2, 0) is 47.9 Å². The molecular formula is C42H85N16O13P5. The van der Waals surface area contributed by atoms with E-state index in [1.807, 2.05) is 0 Å². The first-order valence-electron chi connectivity index (χ1n) is 24.9. The molecule has 0 aliphatic carbocycles. The fourth-order valence-electron chi connectivity index (χ4n) is 7.37. The number of nitrogens with one attached hydrogen (secondary N) is 15. The zero-order valence-electron chi connectivity index (χ0n) is 43.7. The van der Waals surface area contributed by atoms with E-state index in [9.17, 15) is 63.3 Å². The van der Waals surface area contributed by atoms with E-state index < -0.39 is 151 Å². The zero-order chi connectivity index (χ0) is 57.7. The van der Waals surface area contributed by atoms with Crippen molar-refractivity contribution >= 4 is 106 Å². The molecule has 9 unspecified atom stereocenters. The van der Waals surface area contributed by atoms with Crippen molar-refractivity contribution in [3.05, 3.63) is 0 Å². The monoisotopic (exact) mass is 1180 g/mol. The van der Waals surface area contributed by atoms with Crippen molar-refractivity contribution in [2.24, 2.45) is 11.7 Å². The van der Waals surface area contributed by atoms with Gasteiger partial charge < -0.3 is 99.7 Å². The first kappa shape index (κ1) is 70.5. The van der Waals surface area contributed by atoms with Crippen molar-refractivity contribution in [2.45, 2.75) is 158 Å². The summed E-state index contributed by atoms with van der Waals surface area (Å²) in [6, 6.07) is -14.6. The van der Waals surface area contributed by atoms with Crippen molar-refractivity contribution in [3.8, 4) is 0 Å². The van der Waals surface area contributed by atoms with E-state index >= 15 is 0 Å². The van der Waals surface area contributed by atoms with E-state index in [2.05, 4.69) is 126 Å². The lowest BCUT2D eigenvalue weighted by atomic mass is 10.0. The maximum absolute atomic E-state index is 14.4. The van der Waals surface area contributed by atoms with Gasteiger partial charge in [-0.1, -0.05) is 60.8 Å². The van der Waals surface area contributed by atoms with Crippen LogP contribution in [0.2, 0.25) is 0 Å². The van der Waals surface area contributed by atoms with Gasteiger partial charge in [0.15, 0.2) is 0 Å². The molecule has 0 aromatic rings. The number of amides is 10. The Morgan fingerprint density at radius 2 is 0.961 bits per heavy atom. The minimum absolute atomic E-state index is 0.000247. The molecule has 1 saturated heterocycles. The lowest BCUT2D eigenvalue weighted by Crippen LogP contribution is -2.62. The van der Waals surface area contributed by atoms with E-state index in [0.717, 1.165) is 0 Å². The molecule has 20 N–H and O–H groups in total. The largest absolute Gasteiger partial charge is 0.391 e. The summed E-state index contributed by atoms with van der Waals surface area (Å²) in [5.74, 6) is -9.42. The molecule has 0 aromatic heterocycles. The Labute approximate surface area is 455 Å². The molecule has 1 aliphatic rings. The van der Waals surface area contributed by atoms with E-state index in [-0.39, 0.29) is 70.6 Å². The topological polar surface area (TPSA) is 438 Å². The molecule has 10 amide bonds. The molecule has 29 nitrogen and oxygen atoms in total. The van der Waals surface area contributed by atoms with Crippen LogP contribution in [-0.4, -0.2) is 192 Å². The number of carbonyl (C=O) groups is 10. The number of aliphatic hydroxyl groups excluding tert-OH is 3. The maximum Gasteiger partial charge on any atom is 0.245 e. The molecule has 18 atom stereocenters. The molecule has 0 aromatic carbocycles. The summed E-state index contributed by atoms with van der Waals surface area (Å²) >= 11 is 0. The van der Waals surface area contributed by atoms with Crippen LogP contribution in [0.1, 0.15) is 79.6 Å². The Morgan fingerprint density at radius 3 is 1.42 bits per heavy atom. The standard InChI is InChI=1S/C42H85N16O13P5/c1-19(2)18-29-39(68)58-32(22(5)61)42(71)54-27(10-16-48-75)36(65)52-28(11-17-49-76)38(67)57-30(20(3)59)40(69)44-12-7-24(34(63)51-25(8-14-46-73)37(66)55-29)50-35(64)26(9-15-47-74)53-41(70)31(21(4)60)56-33(62)23(43)6-13-45-72/h19-32,45-49,59-61H,6-18,43,72-76H2,1-5H3,(H,44,69)(H,50,64)(H,51,63)(H,52,65)(H,53,70)(H,54,71)(H,55,66)(H,56,62)(H,57,67)(H,58,68)/t20?,21?,22?,23-,24?,25-,26+,27-,28-,29+,30-,31-,32-/m0/s1. The van der Waals surface area contributed by atoms with Crippen molar-refractivity contribution in [1.82, 2.24) is 78.6 Å². The van der Waals surface area contributed by atoms with Crippen LogP contribution in [0.3, 0.4) is 0 Å². The summed E-state index contributed by atoms with van der Waals surface area (Å²) in [6.07, 6.45) is -5.14. The Morgan fingerprint density at radius 1 is 0.539 bits per heavy atom. The average Bonchev–Trinajstić information content (AvgIpc) is 3.36. The van der Waals surface area contributed by atoms with Crippen LogP contribution in [0.4, 0.5) is 0 Å². The lowest BCUT2D eigenvalue weighted by Gasteiger charge is -2.29. The van der Waals surface area contributed by atoms with Crippen LogP contribution in [0.25, 0.3) is 0 Å². The Hall–Kier alpha value is -3.51. The number of hydrogen-bond acceptors (Lipinski definition) is 19. The van der Waals surface area contributed by atoms with Gasteiger partial charge in [-0.2, -0.15) is 0 Å². The Bertz CT molecular complexity index is 1900. The van der Waals surface area contributed by atoms with Crippen LogP contribution in [0.5, 0.6) is 0 Å². The second-order valence-electron chi connectivity index (χ2n) is 18.6. The quantitative estimate of drug-likeness (QED) is 0.0358. The summed E-state index contributed by atoms with van der Waals surface area (Å²) < 4.78 is 0. The van der Waals surface area contributed by atoms with Gasteiger partial charge in [0.2, 0.25) is 59.1 Å². The highest BCUT2D eigenvalue weighted by Gasteiger charge is 2.38. The average molecular weight is 1180 g/mol. The molecule has 1 fully saturated rings. The van der Waals surface area contributed by atoms with Gasteiger partial charge in [-0.25, -0.2) is 0 Å². The minimum atomic E-state index is -1.69. The predicted molar refractivity (Wildman–Crippen MR) is 299 cm³/mol. The Balaban J connectivity index is 3.97. The maximum atomic E-state index is 14.4. The summed E-state index contributed by atoms with van der Waals surface area (Å²) in [4.78, 5) is 139. The van der Waals surface area contributed by atoms with Gasteiger partial charge in [0, 0.05) is 39.3 Å². The predicted octanol–water partition coefficient (Wildman–Crippen LogP) is -7.77. The normalized spacial score (nSPS) is 24.4. The third kappa shape index (κ3) is 26.0. The van der Waals surface area contributed by atoms with Crippen molar-refractivity contribution in [1.29, 1.82) is 0 Å². The molecule has 34 heteroatoms. The molecule has 436 valence electrons. The van der Waals surface area contributed by atoms with E-state index in [1.54, 1.807) is 13.8 Å². The number of nitrogens with two attached hydrogens (primary N) is 1. The van der Waals surface area contributed by atoms with E-state index in [0.29, 0.717) is 6.54 Å². The van der Waals surface area contributed by atoms with Gasteiger partial charge in [-0.3, -0.25) is 47.9 Å². The third-order valence-corrected chi connectivity index (χ3v) is 13.1. The highest BCUT2D eigenvalue weighted by Crippen LogP contribution is 2.10. The number of rotatable bonds is 26. The first-order chi connectivity index (χ1) is 35.9. The first-order valence-corrected chi connectivity index (χ1v) is 27.7. The summed E-state index contributed by atoms with van der Waals surface area (Å²) in [5.41, 5.74) is 5.96. The summed E-state index contributed by atoms with van der Waals surface area (Å²) in [6.45, 7) is 7.58. The SMILES string of the molecule is CC(C)C[C@H]1NC(=O)[C@H](CCNP)NC(=O)C(NC(=O)[C@@H](CCNP)NC(=O)[C@@H](NC(=O)[C@@H](N)CCNP)C(C)O)CCNC(=O)[C@H](C(C)O)NC(=O)[C@H](CCNP)NC(=O)[C@H](CCNP)NC(=O)[C@H](C(C)O)NC1=O. The highest BCUT2D eigenvalue weighted by atomic mass is 31.0. The van der Waals surface area contributed by atoms with Crippen molar-refractivity contribution in [2.75, 3.05) is 39.3 Å². The zero-order valence-corrected chi connectivity index (χ0v) is 49.4. The van der Waals surface area contributed by atoms with Gasteiger partial charge >= 0.3 is 0 Å². The smallest absolute Gasteiger partial charge is 0.245 e. The molecule has 1 heterocycles. The van der Waals surface area contributed by atoms with Gasteiger partial charge in [-0.15, -0.1) is 0 Å². The Kier molecular flexibility index (Phi) is 35.4. The molecule has 1 rings (SSSR count). The van der Waals surface area contributed by atoms with Crippen molar-refractivity contribution < 1.29 is 63.3 Å². The third-order valence-electron chi connectivity index (χ3n) is 11.7. The van der Waals surface area contributed by atoms with Crippen molar-refractivity contribution in [3.63, 3.8) is 0 Å². The lowest BCUT2D eigenvalue weighted by molar-refractivity contribution is -0.137. The molecule has 0 spiro atoms. The van der Waals surface area contributed by atoms with Crippen LogP contribution in [0.15, 0.2) is 0 Å². The second-order valence-corrected chi connectivity index (χ2v) is 20.6. The number of hydrogen-bond donors (Lipinski definition) is 19. The van der Waals surface area contributed by atoms with Crippen LogP contribution < -0.4 is 84.3 Å². The molecule has 0 radical (unpaired) electrons. The summed E-state index contributed by atoms with van der Waals surface area (Å²) in [5, 5.41) is 71.3. The molecule has 0 saturated carbocycles. The molecule has 1 aliphatic heterocycles. The van der Waals surface area contributed by atoms with Gasteiger partial charge in [0.05, 0.1) is 24.4 Å². The number of carbonyl (C=O) groups excluding carboxylic acids is 10. The van der Waals surface area contributed by atoms with Gasteiger partial charge in [0.1, 0.15) is 54.4 Å². The minimum Gasteiger partial charge on any atom is -0.391 e. The fourth-order valence-corrected chi connectivity index (χ4v) is 8.21. The van der Waals surface area contributed by atoms with E-state index in [1.165, 1.54) is 20.8 Å². The van der Waals surface area contributed by atoms with Gasteiger partial charge in [-0.05, 0) is 71.6 Å². The molecular weight excluding hydrogens is 1090 g/mol. The molecule has 0 bridgehead atoms. The fraction of sp³-hybridized carbons (Fsp3) is 0.762. The van der Waals surface area contributed by atoms with Crippen LogP contribution in [0, 0.1) is 5.92 Å². The van der Waals surface area contributed by atoms with Gasteiger partial charge in [0.25, 0.3) is 0 Å². The summed E-state index contributed by atoms with van der Waals surface area (Å²) in [7, 11) is 11.2. The second kappa shape index (κ2) is 38.2. The number of aliphatic hydroxyl groups is 3. The molecule has 76 heavy (non-hydrogen) atoms.